The normalized spacial score (nSPS) is 10.2. The molecule has 0 aliphatic carbocycles. The van der Waals surface area contributed by atoms with Gasteiger partial charge in [-0.3, -0.25) is 4.98 Å². The topological polar surface area (TPSA) is 65.5 Å². The van der Waals surface area contributed by atoms with E-state index < -0.39 is 11.9 Å². The molecule has 0 aliphatic heterocycles. The van der Waals surface area contributed by atoms with Crippen LogP contribution < -0.4 is 0 Å². The number of nitrogens with zero attached hydrogens (tertiary/aromatic N) is 1. The molecule has 2 aromatic rings. The number of pyridine rings is 1. The van der Waals surface area contributed by atoms with Crippen molar-refractivity contribution < 1.29 is 19.1 Å². The first-order valence-corrected chi connectivity index (χ1v) is 7.98. The van der Waals surface area contributed by atoms with Gasteiger partial charge in [-0.1, -0.05) is 31.9 Å². The van der Waals surface area contributed by atoms with Gasteiger partial charge >= 0.3 is 11.9 Å². The Hall–Kier alpha value is -2.69. The van der Waals surface area contributed by atoms with Crippen LogP contribution in [-0.4, -0.2) is 30.6 Å². The van der Waals surface area contributed by atoms with E-state index in [1.807, 2.05) is 6.07 Å². The first-order valence-electron chi connectivity index (χ1n) is 7.98. The summed E-state index contributed by atoms with van der Waals surface area (Å²) in [5.74, 6) is -0.958. The van der Waals surface area contributed by atoms with Crippen LogP contribution in [0.1, 0.15) is 46.9 Å². The monoisotopic (exact) mass is 327 g/mol. The van der Waals surface area contributed by atoms with Gasteiger partial charge in [0.15, 0.2) is 0 Å². The highest BCUT2D eigenvalue weighted by atomic mass is 16.5. The van der Waals surface area contributed by atoms with Crippen molar-refractivity contribution in [3.63, 3.8) is 0 Å². The van der Waals surface area contributed by atoms with Crippen molar-refractivity contribution in [3.05, 3.63) is 53.7 Å². The quantitative estimate of drug-likeness (QED) is 0.570. The number of hydrogen-bond donors (Lipinski definition) is 0. The summed E-state index contributed by atoms with van der Waals surface area (Å²) in [6, 6.07) is 10.3. The van der Waals surface area contributed by atoms with Crippen LogP contribution in [-0.2, 0) is 9.47 Å². The molecule has 0 saturated carbocycles. The minimum atomic E-state index is -0.498. The van der Waals surface area contributed by atoms with Crippen LogP contribution in [0.2, 0.25) is 0 Å². The summed E-state index contributed by atoms with van der Waals surface area (Å²) in [6.07, 6.45) is 4.52. The second kappa shape index (κ2) is 8.82. The maximum absolute atomic E-state index is 12.5. The minimum Gasteiger partial charge on any atom is -0.465 e. The Morgan fingerprint density at radius 3 is 2.58 bits per heavy atom. The van der Waals surface area contributed by atoms with Crippen molar-refractivity contribution in [2.75, 3.05) is 13.7 Å². The van der Waals surface area contributed by atoms with Crippen LogP contribution >= 0.6 is 0 Å². The molecule has 5 nitrogen and oxygen atoms in total. The SMILES string of the molecule is CCCCCOC(=O)c1cc(C(=O)OC)ccc1-c1ccccn1. The largest absolute Gasteiger partial charge is 0.465 e. The number of esters is 2. The highest BCUT2D eigenvalue weighted by Gasteiger charge is 2.18. The smallest absolute Gasteiger partial charge is 0.338 e. The lowest BCUT2D eigenvalue weighted by Gasteiger charge is -2.11. The predicted octanol–water partition coefficient (Wildman–Crippen LogP) is 3.88. The van der Waals surface area contributed by atoms with Crippen LogP contribution in [0.25, 0.3) is 11.3 Å². The predicted molar refractivity (Wildman–Crippen MR) is 90.8 cm³/mol. The van der Waals surface area contributed by atoms with Crippen molar-refractivity contribution in [1.29, 1.82) is 0 Å². The number of hydrogen-bond acceptors (Lipinski definition) is 5. The molecule has 0 bridgehead atoms. The molecule has 1 aromatic heterocycles. The number of methoxy groups -OCH3 is 1. The van der Waals surface area contributed by atoms with Gasteiger partial charge in [0.2, 0.25) is 0 Å². The maximum atomic E-state index is 12.5. The van der Waals surface area contributed by atoms with Gasteiger partial charge in [0.05, 0.1) is 30.5 Å². The summed E-state index contributed by atoms with van der Waals surface area (Å²) in [6.45, 7) is 2.44. The molecular weight excluding hydrogens is 306 g/mol. The summed E-state index contributed by atoms with van der Waals surface area (Å²) in [4.78, 5) is 28.5. The molecule has 0 amide bonds. The molecule has 126 valence electrons. The Bertz CT molecular complexity index is 698. The molecule has 0 aliphatic rings. The fraction of sp³-hybridized carbons (Fsp3) is 0.316. The van der Waals surface area contributed by atoms with Crippen LogP contribution in [0, 0.1) is 0 Å². The van der Waals surface area contributed by atoms with E-state index in [-0.39, 0.29) is 0 Å². The van der Waals surface area contributed by atoms with Crippen molar-refractivity contribution in [2.24, 2.45) is 0 Å². The van der Waals surface area contributed by atoms with Gasteiger partial charge in [0.1, 0.15) is 0 Å². The molecule has 0 radical (unpaired) electrons. The lowest BCUT2D eigenvalue weighted by molar-refractivity contribution is 0.0499. The molecule has 1 aromatic carbocycles. The first kappa shape index (κ1) is 17.7. The van der Waals surface area contributed by atoms with E-state index in [4.69, 9.17) is 9.47 Å². The van der Waals surface area contributed by atoms with Crippen molar-refractivity contribution in [1.82, 2.24) is 4.98 Å². The third-order valence-electron chi connectivity index (χ3n) is 3.58. The Labute approximate surface area is 141 Å². The third-order valence-corrected chi connectivity index (χ3v) is 3.58. The number of unbranched alkanes of at least 4 members (excludes halogenated alkanes) is 2. The van der Waals surface area contributed by atoms with Crippen LogP contribution in [0.15, 0.2) is 42.6 Å². The lowest BCUT2D eigenvalue weighted by Crippen LogP contribution is -2.11. The molecular formula is C19H21NO4. The Kier molecular flexibility index (Phi) is 6.49. The fourth-order valence-corrected chi connectivity index (χ4v) is 2.30. The molecule has 0 spiro atoms. The zero-order valence-corrected chi connectivity index (χ0v) is 14.0. The van der Waals surface area contributed by atoms with E-state index in [1.54, 1.807) is 30.5 Å². The standard InChI is InChI=1S/C19H21NO4/c1-3-4-7-12-24-19(22)16-13-14(18(21)23-2)9-10-15(16)17-8-5-6-11-20-17/h5-6,8-11,13H,3-4,7,12H2,1-2H3. The molecule has 2 rings (SSSR count). The molecule has 1 heterocycles. The van der Waals surface area contributed by atoms with Crippen LogP contribution in [0.5, 0.6) is 0 Å². The summed E-state index contributed by atoms with van der Waals surface area (Å²) in [5.41, 5.74) is 1.89. The number of aromatic nitrogens is 1. The van der Waals surface area contributed by atoms with Crippen molar-refractivity contribution >= 4 is 11.9 Å². The van der Waals surface area contributed by atoms with Crippen molar-refractivity contribution in [2.45, 2.75) is 26.2 Å². The molecule has 5 heteroatoms. The van der Waals surface area contributed by atoms with E-state index in [0.29, 0.717) is 29.0 Å². The van der Waals surface area contributed by atoms with E-state index in [9.17, 15) is 9.59 Å². The molecule has 0 unspecified atom stereocenters. The van der Waals surface area contributed by atoms with Crippen molar-refractivity contribution in [3.8, 4) is 11.3 Å². The van der Waals surface area contributed by atoms with Gasteiger partial charge < -0.3 is 9.47 Å². The van der Waals surface area contributed by atoms with E-state index >= 15 is 0 Å². The van der Waals surface area contributed by atoms with Gasteiger partial charge in [-0.25, -0.2) is 9.59 Å². The summed E-state index contributed by atoms with van der Waals surface area (Å²) in [5, 5.41) is 0. The first-order chi connectivity index (χ1) is 11.7. The number of benzene rings is 1. The molecule has 0 atom stereocenters. The fourth-order valence-electron chi connectivity index (χ4n) is 2.30. The average Bonchev–Trinajstić information content (AvgIpc) is 2.64. The van der Waals surface area contributed by atoms with Crippen LogP contribution in [0.3, 0.4) is 0 Å². The molecule has 0 saturated heterocycles. The molecule has 24 heavy (non-hydrogen) atoms. The Morgan fingerprint density at radius 2 is 1.92 bits per heavy atom. The zero-order valence-electron chi connectivity index (χ0n) is 14.0. The van der Waals surface area contributed by atoms with Gasteiger partial charge in [0, 0.05) is 11.8 Å². The molecule has 0 fully saturated rings. The highest BCUT2D eigenvalue weighted by Crippen LogP contribution is 2.24. The van der Waals surface area contributed by atoms with Gasteiger partial charge in [-0.05, 0) is 30.7 Å². The summed E-state index contributed by atoms with van der Waals surface area (Å²) in [7, 11) is 1.30. The van der Waals surface area contributed by atoms with Gasteiger partial charge in [-0.15, -0.1) is 0 Å². The minimum absolute atomic E-state index is 0.303. The van der Waals surface area contributed by atoms with Crippen LogP contribution in [0.4, 0.5) is 0 Å². The number of carbonyl (C=O) groups is 2. The molecule has 0 N–H and O–H groups in total. The van der Waals surface area contributed by atoms with E-state index in [1.165, 1.54) is 13.2 Å². The zero-order chi connectivity index (χ0) is 17.4. The number of rotatable bonds is 7. The maximum Gasteiger partial charge on any atom is 0.338 e. The Morgan fingerprint density at radius 1 is 1.08 bits per heavy atom. The average molecular weight is 327 g/mol. The van der Waals surface area contributed by atoms with Gasteiger partial charge in [-0.2, -0.15) is 0 Å². The number of ether oxygens (including phenoxy) is 2. The highest BCUT2D eigenvalue weighted by molar-refractivity contribution is 6.00. The van der Waals surface area contributed by atoms with E-state index in [2.05, 4.69) is 11.9 Å². The summed E-state index contributed by atoms with van der Waals surface area (Å²) < 4.78 is 10.1. The Balaban J connectivity index is 2.33. The summed E-state index contributed by atoms with van der Waals surface area (Å²) >= 11 is 0. The van der Waals surface area contributed by atoms with E-state index in [0.717, 1.165) is 19.3 Å². The second-order valence-electron chi connectivity index (χ2n) is 5.31. The number of carbonyl (C=O) groups excluding carboxylic acids is 2. The third kappa shape index (κ3) is 4.41. The lowest BCUT2D eigenvalue weighted by atomic mass is 10.0. The van der Waals surface area contributed by atoms with Gasteiger partial charge in [0.25, 0.3) is 0 Å². The second-order valence-corrected chi connectivity index (χ2v) is 5.31.